The van der Waals surface area contributed by atoms with Gasteiger partial charge in [-0.25, -0.2) is 9.78 Å². The third-order valence-corrected chi connectivity index (χ3v) is 1.98. The second-order valence-electron chi connectivity index (χ2n) is 3.14. The largest absolute Gasteiger partial charge is 0.474 e. The summed E-state index contributed by atoms with van der Waals surface area (Å²) >= 11 is 5.94. The molecule has 4 nitrogen and oxygen atoms in total. The van der Waals surface area contributed by atoms with Crippen LogP contribution in [0.1, 0.15) is 24.2 Å². The Hall–Kier alpha value is -1.29. The lowest BCUT2D eigenvalue weighted by Crippen LogP contribution is -2.09. The topological polar surface area (TPSA) is 48.4 Å². The molecule has 0 N–H and O–H groups in total. The molecule has 5 heteroatoms. The first kappa shape index (κ1) is 11.8. The molecule has 0 radical (unpaired) electrons. The number of aromatic nitrogens is 1. The summed E-state index contributed by atoms with van der Waals surface area (Å²) in [6.07, 6.45) is 1.40. The zero-order chi connectivity index (χ0) is 11.4. The molecule has 1 heterocycles. The summed E-state index contributed by atoms with van der Waals surface area (Å²) in [6, 6.07) is 1.49. The molecule has 0 aromatic carbocycles. The Morgan fingerprint density at radius 3 is 2.73 bits per heavy atom. The minimum atomic E-state index is -0.504. The van der Waals surface area contributed by atoms with Crippen LogP contribution in [0.5, 0.6) is 5.88 Å². The van der Waals surface area contributed by atoms with Gasteiger partial charge in [-0.2, -0.15) is 0 Å². The molecule has 0 bridgehead atoms. The van der Waals surface area contributed by atoms with Crippen molar-refractivity contribution >= 4 is 17.6 Å². The van der Waals surface area contributed by atoms with Crippen molar-refractivity contribution in [1.82, 2.24) is 4.98 Å². The molecular formula is C10H12ClNO3. The third kappa shape index (κ3) is 2.83. The summed E-state index contributed by atoms with van der Waals surface area (Å²) in [5.41, 5.74) is 0.254. The van der Waals surface area contributed by atoms with E-state index in [2.05, 4.69) is 9.72 Å². The Morgan fingerprint density at radius 2 is 2.20 bits per heavy atom. The first-order valence-corrected chi connectivity index (χ1v) is 4.83. The molecule has 0 aliphatic carbocycles. The van der Waals surface area contributed by atoms with Gasteiger partial charge in [-0.05, 0) is 19.9 Å². The Kier molecular flexibility index (Phi) is 3.91. The number of pyridine rings is 1. The Balaban J connectivity index is 3.05. The number of esters is 1. The summed E-state index contributed by atoms with van der Waals surface area (Å²) in [7, 11) is 1.29. The summed E-state index contributed by atoms with van der Waals surface area (Å²) in [6.45, 7) is 3.70. The van der Waals surface area contributed by atoms with Crippen LogP contribution in [0.3, 0.4) is 0 Å². The molecule has 0 amide bonds. The zero-order valence-electron chi connectivity index (χ0n) is 8.78. The van der Waals surface area contributed by atoms with Crippen molar-refractivity contribution < 1.29 is 14.3 Å². The molecule has 1 rings (SSSR count). The number of ether oxygens (including phenoxy) is 2. The highest BCUT2D eigenvalue weighted by Crippen LogP contribution is 2.26. The fourth-order valence-electron chi connectivity index (χ4n) is 0.998. The van der Waals surface area contributed by atoms with Crippen molar-refractivity contribution in [2.24, 2.45) is 0 Å². The molecule has 0 spiro atoms. The van der Waals surface area contributed by atoms with E-state index in [1.165, 1.54) is 19.4 Å². The van der Waals surface area contributed by atoms with Crippen molar-refractivity contribution in [2.75, 3.05) is 7.11 Å². The zero-order valence-corrected chi connectivity index (χ0v) is 9.54. The molecule has 0 atom stereocenters. The van der Waals surface area contributed by atoms with Gasteiger partial charge in [0.15, 0.2) is 0 Å². The summed E-state index contributed by atoms with van der Waals surface area (Å²) in [5.74, 6) is -0.259. The van der Waals surface area contributed by atoms with Crippen molar-refractivity contribution in [3.8, 4) is 5.88 Å². The molecule has 0 fully saturated rings. The average molecular weight is 230 g/mol. The van der Waals surface area contributed by atoms with E-state index in [9.17, 15) is 4.79 Å². The van der Waals surface area contributed by atoms with E-state index in [4.69, 9.17) is 16.3 Å². The average Bonchev–Trinajstić information content (AvgIpc) is 2.19. The number of hydrogen-bond acceptors (Lipinski definition) is 4. The molecule has 1 aromatic heterocycles. The summed E-state index contributed by atoms with van der Waals surface area (Å²) in [4.78, 5) is 15.2. The van der Waals surface area contributed by atoms with E-state index in [0.717, 1.165) is 0 Å². The fraction of sp³-hybridized carbons (Fsp3) is 0.400. The van der Waals surface area contributed by atoms with Gasteiger partial charge in [0.1, 0.15) is 5.02 Å². The highest BCUT2D eigenvalue weighted by molar-refractivity contribution is 6.34. The molecule has 82 valence electrons. The maximum absolute atomic E-state index is 11.3. The number of methoxy groups -OCH3 is 1. The number of halogens is 1. The smallest absolute Gasteiger partial charge is 0.339 e. The molecular weight excluding hydrogens is 218 g/mol. The lowest BCUT2D eigenvalue weighted by atomic mass is 10.2. The first-order chi connectivity index (χ1) is 7.06. The van der Waals surface area contributed by atoms with Gasteiger partial charge < -0.3 is 9.47 Å². The SMILES string of the molecule is COC(=O)c1ccnc(OC(C)C)c1Cl. The van der Waals surface area contributed by atoms with Gasteiger partial charge >= 0.3 is 5.97 Å². The maximum Gasteiger partial charge on any atom is 0.339 e. The van der Waals surface area contributed by atoms with Gasteiger partial charge in [0.25, 0.3) is 0 Å². The van der Waals surface area contributed by atoms with Crippen LogP contribution in [-0.2, 0) is 4.74 Å². The van der Waals surface area contributed by atoms with Crippen LogP contribution in [0.25, 0.3) is 0 Å². The predicted molar refractivity (Wildman–Crippen MR) is 56.4 cm³/mol. The van der Waals surface area contributed by atoms with E-state index in [0.29, 0.717) is 0 Å². The van der Waals surface area contributed by atoms with Crippen LogP contribution in [-0.4, -0.2) is 24.2 Å². The quantitative estimate of drug-likeness (QED) is 0.747. The van der Waals surface area contributed by atoms with E-state index in [1.54, 1.807) is 0 Å². The predicted octanol–water partition coefficient (Wildman–Crippen LogP) is 2.31. The fourth-order valence-corrected chi connectivity index (χ4v) is 1.23. The first-order valence-electron chi connectivity index (χ1n) is 4.45. The van der Waals surface area contributed by atoms with Crippen LogP contribution >= 0.6 is 11.6 Å². The molecule has 0 aliphatic heterocycles. The van der Waals surface area contributed by atoms with Gasteiger partial charge in [-0.1, -0.05) is 11.6 Å². The van der Waals surface area contributed by atoms with E-state index in [1.807, 2.05) is 13.8 Å². The van der Waals surface area contributed by atoms with Crippen molar-refractivity contribution in [1.29, 1.82) is 0 Å². The number of nitrogens with zero attached hydrogens (tertiary/aromatic N) is 1. The van der Waals surface area contributed by atoms with Crippen LogP contribution in [0, 0.1) is 0 Å². The molecule has 0 saturated carbocycles. The standard InChI is InChI=1S/C10H12ClNO3/c1-6(2)15-9-8(11)7(4-5-12-9)10(13)14-3/h4-6H,1-3H3. The molecule has 0 saturated heterocycles. The van der Waals surface area contributed by atoms with Crippen LogP contribution in [0.2, 0.25) is 5.02 Å². The van der Waals surface area contributed by atoms with Gasteiger partial charge in [-0.15, -0.1) is 0 Å². The van der Waals surface area contributed by atoms with Gasteiger partial charge in [0.2, 0.25) is 5.88 Å². The number of hydrogen-bond donors (Lipinski definition) is 0. The second kappa shape index (κ2) is 4.98. The van der Waals surface area contributed by atoms with E-state index >= 15 is 0 Å². The van der Waals surface area contributed by atoms with E-state index < -0.39 is 5.97 Å². The third-order valence-electron chi connectivity index (χ3n) is 1.61. The highest BCUT2D eigenvalue weighted by Gasteiger charge is 2.16. The Bertz CT molecular complexity index is 366. The van der Waals surface area contributed by atoms with Crippen LogP contribution < -0.4 is 4.74 Å². The molecule has 0 aliphatic rings. The van der Waals surface area contributed by atoms with Gasteiger partial charge in [-0.3, -0.25) is 0 Å². The lowest BCUT2D eigenvalue weighted by Gasteiger charge is -2.11. The van der Waals surface area contributed by atoms with Crippen LogP contribution in [0.4, 0.5) is 0 Å². The minimum absolute atomic E-state index is 0.0529. The molecule has 0 unspecified atom stereocenters. The van der Waals surface area contributed by atoms with E-state index in [-0.39, 0.29) is 22.6 Å². The number of carbonyl (C=O) groups is 1. The van der Waals surface area contributed by atoms with Crippen LogP contribution in [0.15, 0.2) is 12.3 Å². The highest BCUT2D eigenvalue weighted by atomic mass is 35.5. The summed E-state index contributed by atoms with van der Waals surface area (Å²) in [5, 5.41) is 0.179. The number of carbonyl (C=O) groups excluding carboxylic acids is 1. The van der Waals surface area contributed by atoms with Crippen molar-refractivity contribution in [3.63, 3.8) is 0 Å². The van der Waals surface area contributed by atoms with Crippen molar-refractivity contribution in [2.45, 2.75) is 20.0 Å². The second-order valence-corrected chi connectivity index (χ2v) is 3.51. The minimum Gasteiger partial charge on any atom is -0.474 e. The Labute approximate surface area is 93.2 Å². The maximum atomic E-state index is 11.3. The molecule has 15 heavy (non-hydrogen) atoms. The summed E-state index contributed by atoms with van der Waals surface area (Å²) < 4.78 is 9.90. The van der Waals surface area contributed by atoms with Gasteiger partial charge in [0, 0.05) is 6.20 Å². The van der Waals surface area contributed by atoms with Gasteiger partial charge in [0.05, 0.1) is 18.8 Å². The van der Waals surface area contributed by atoms with Crippen molar-refractivity contribution in [3.05, 3.63) is 22.8 Å². The molecule has 1 aromatic rings. The number of rotatable bonds is 3. The lowest BCUT2D eigenvalue weighted by molar-refractivity contribution is 0.0600. The Morgan fingerprint density at radius 1 is 1.53 bits per heavy atom. The monoisotopic (exact) mass is 229 g/mol. The normalized spacial score (nSPS) is 10.2.